The predicted molar refractivity (Wildman–Crippen MR) is 65.8 cm³/mol. The van der Waals surface area contributed by atoms with Crippen molar-refractivity contribution < 1.29 is 8.42 Å². The lowest BCUT2D eigenvalue weighted by Crippen LogP contribution is -2.43. The molecule has 0 radical (unpaired) electrons. The number of sulfonamides is 1. The van der Waals surface area contributed by atoms with Gasteiger partial charge in [-0.1, -0.05) is 32.1 Å². The lowest BCUT2D eigenvalue weighted by molar-refractivity contribution is 0.217. The van der Waals surface area contributed by atoms with Gasteiger partial charge in [-0.15, -0.1) is 0 Å². The van der Waals surface area contributed by atoms with E-state index in [0.717, 1.165) is 31.7 Å². The first-order valence-electron chi connectivity index (χ1n) is 6.54. The van der Waals surface area contributed by atoms with E-state index in [1.807, 2.05) is 0 Å². The molecule has 1 heterocycles. The second-order valence-corrected chi connectivity index (χ2v) is 7.34. The van der Waals surface area contributed by atoms with Gasteiger partial charge in [0.25, 0.3) is 0 Å². The van der Waals surface area contributed by atoms with Gasteiger partial charge >= 0.3 is 0 Å². The minimum absolute atomic E-state index is 0.298. The molecule has 1 saturated carbocycles. The molecule has 0 aromatic carbocycles. The Kier molecular flexibility index (Phi) is 3.90. The van der Waals surface area contributed by atoms with Gasteiger partial charge in [-0.3, -0.25) is 0 Å². The SMILES string of the molecule is CS(=O)(=O)N1CCCCC1CC1CCCC1. The third-order valence-corrected chi connectivity index (χ3v) is 5.41. The second kappa shape index (κ2) is 5.05. The van der Waals surface area contributed by atoms with Crippen molar-refractivity contribution >= 4 is 10.0 Å². The molecule has 0 aromatic rings. The molecule has 0 spiro atoms. The monoisotopic (exact) mass is 245 g/mol. The van der Waals surface area contributed by atoms with Crippen molar-refractivity contribution in [1.29, 1.82) is 0 Å². The van der Waals surface area contributed by atoms with Gasteiger partial charge < -0.3 is 0 Å². The van der Waals surface area contributed by atoms with Crippen LogP contribution in [0.15, 0.2) is 0 Å². The van der Waals surface area contributed by atoms with Gasteiger partial charge in [0.2, 0.25) is 10.0 Å². The average molecular weight is 245 g/mol. The van der Waals surface area contributed by atoms with Crippen LogP contribution in [0.3, 0.4) is 0 Å². The van der Waals surface area contributed by atoms with Gasteiger partial charge in [0.05, 0.1) is 6.26 Å². The molecule has 0 N–H and O–H groups in total. The van der Waals surface area contributed by atoms with Gasteiger partial charge in [-0.2, -0.15) is 4.31 Å². The Balaban J connectivity index is 1.98. The van der Waals surface area contributed by atoms with Crippen molar-refractivity contribution in [3.05, 3.63) is 0 Å². The molecule has 1 aliphatic carbocycles. The summed E-state index contributed by atoms with van der Waals surface area (Å²) >= 11 is 0. The van der Waals surface area contributed by atoms with Crippen LogP contribution in [0.1, 0.15) is 51.4 Å². The maximum Gasteiger partial charge on any atom is 0.211 e. The van der Waals surface area contributed by atoms with E-state index < -0.39 is 10.0 Å². The Bertz CT molecular complexity index is 320. The highest BCUT2D eigenvalue weighted by Gasteiger charge is 2.31. The highest BCUT2D eigenvalue weighted by molar-refractivity contribution is 7.88. The summed E-state index contributed by atoms with van der Waals surface area (Å²) in [5.41, 5.74) is 0. The molecule has 1 aliphatic heterocycles. The Morgan fingerprint density at radius 1 is 1.06 bits per heavy atom. The number of hydrogen-bond donors (Lipinski definition) is 0. The van der Waals surface area contributed by atoms with Gasteiger partial charge in [-0.25, -0.2) is 8.42 Å². The van der Waals surface area contributed by atoms with E-state index >= 15 is 0 Å². The van der Waals surface area contributed by atoms with Crippen LogP contribution >= 0.6 is 0 Å². The fourth-order valence-corrected chi connectivity index (χ4v) is 4.47. The summed E-state index contributed by atoms with van der Waals surface area (Å²) in [6.07, 6.45) is 11.1. The fourth-order valence-electron chi connectivity index (χ4n) is 3.28. The van der Waals surface area contributed by atoms with Gasteiger partial charge in [0.1, 0.15) is 0 Å². The number of nitrogens with zero attached hydrogens (tertiary/aromatic N) is 1. The van der Waals surface area contributed by atoms with Crippen LogP contribution in [0.4, 0.5) is 0 Å². The molecular formula is C12H23NO2S. The van der Waals surface area contributed by atoms with Crippen LogP contribution in [-0.2, 0) is 10.0 Å². The lowest BCUT2D eigenvalue weighted by Gasteiger charge is -2.35. The second-order valence-electron chi connectivity index (χ2n) is 5.41. The molecule has 1 atom stereocenters. The highest BCUT2D eigenvalue weighted by atomic mass is 32.2. The van der Waals surface area contributed by atoms with Crippen molar-refractivity contribution in [2.24, 2.45) is 5.92 Å². The standard InChI is InChI=1S/C12H23NO2S/c1-16(14,15)13-9-5-4-8-12(13)10-11-6-2-3-7-11/h11-12H,2-10H2,1H3. The first-order chi connectivity index (χ1) is 7.57. The van der Waals surface area contributed by atoms with Crippen LogP contribution in [0.5, 0.6) is 0 Å². The first kappa shape index (κ1) is 12.4. The topological polar surface area (TPSA) is 37.4 Å². The molecule has 0 bridgehead atoms. The Morgan fingerprint density at radius 2 is 1.69 bits per heavy atom. The Labute approximate surface area is 99.3 Å². The van der Waals surface area contributed by atoms with E-state index in [1.165, 1.54) is 38.4 Å². The Morgan fingerprint density at radius 3 is 2.31 bits per heavy atom. The molecule has 2 rings (SSSR count). The van der Waals surface area contributed by atoms with E-state index in [4.69, 9.17) is 0 Å². The van der Waals surface area contributed by atoms with Gasteiger partial charge in [0.15, 0.2) is 0 Å². The molecule has 1 unspecified atom stereocenters. The zero-order valence-corrected chi connectivity index (χ0v) is 11.0. The van der Waals surface area contributed by atoms with Crippen molar-refractivity contribution in [3.63, 3.8) is 0 Å². The van der Waals surface area contributed by atoms with Crippen molar-refractivity contribution in [3.8, 4) is 0 Å². The quantitative estimate of drug-likeness (QED) is 0.765. The van der Waals surface area contributed by atoms with E-state index in [2.05, 4.69) is 0 Å². The molecule has 1 saturated heterocycles. The third kappa shape index (κ3) is 2.98. The third-order valence-electron chi connectivity index (χ3n) is 4.08. The highest BCUT2D eigenvalue weighted by Crippen LogP contribution is 2.33. The number of hydrogen-bond acceptors (Lipinski definition) is 2. The van der Waals surface area contributed by atoms with Crippen LogP contribution in [0.2, 0.25) is 0 Å². The summed E-state index contributed by atoms with van der Waals surface area (Å²) in [6, 6.07) is 0.298. The molecule has 3 nitrogen and oxygen atoms in total. The summed E-state index contributed by atoms with van der Waals surface area (Å²) < 4.78 is 25.2. The summed E-state index contributed by atoms with van der Waals surface area (Å²) in [7, 11) is -2.98. The van der Waals surface area contributed by atoms with E-state index in [-0.39, 0.29) is 0 Å². The van der Waals surface area contributed by atoms with E-state index in [1.54, 1.807) is 4.31 Å². The van der Waals surface area contributed by atoms with Crippen molar-refractivity contribution in [1.82, 2.24) is 4.31 Å². The lowest BCUT2D eigenvalue weighted by atomic mass is 9.93. The fraction of sp³-hybridized carbons (Fsp3) is 1.00. The smallest absolute Gasteiger partial charge is 0.211 e. The zero-order chi connectivity index (χ0) is 11.6. The predicted octanol–water partition coefficient (Wildman–Crippen LogP) is 2.38. The molecule has 2 aliphatic rings. The Hall–Kier alpha value is -0.0900. The van der Waals surface area contributed by atoms with Crippen molar-refractivity contribution in [2.75, 3.05) is 12.8 Å². The van der Waals surface area contributed by atoms with E-state index in [0.29, 0.717) is 6.04 Å². The van der Waals surface area contributed by atoms with Gasteiger partial charge in [0, 0.05) is 12.6 Å². The zero-order valence-electron chi connectivity index (χ0n) is 10.2. The maximum absolute atomic E-state index is 11.7. The largest absolute Gasteiger partial charge is 0.212 e. The summed E-state index contributed by atoms with van der Waals surface area (Å²) in [4.78, 5) is 0. The first-order valence-corrected chi connectivity index (χ1v) is 8.39. The normalized spacial score (nSPS) is 29.7. The molecule has 4 heteroatoms. The van der Waals surface area contributed by atoms with Crippen molar-refractivity contribution in [2.45, 2.75) is 57.4 Å². The van der Waals surface area contributed by atoms with E-state index in [9.17, 15) is 8.42 Å². The molecule has 0 amide bonds. The minimum Gasteiger partial charge on any atom is -0.212 e. The average Bonchev–Trinajstić information content (AvgIpc) is 2.70. The molecule has 0 aromatic heterocycles. The summed E-state index contributed by atoms with van der Waals surface area (Å²) in [5.74, 6) is 0.785. The molecule has 2 fully saturated rings. The summed E-state index contributed by atoms with van der Waals surface area (Å²) in [6.45, 7) is 0.746. The molecule has 94 valence electrons. The number of piperidine rings is 1. The van der Waals surface area contributed by atoms with Crippen LogP contribution < -0.4 is 0 Å². The number of rotatable bonds is 3. The van der Waals surface area contributed by atoms with Crippen LogP contribution in [0.25, 0.3) is 0 Å². The maximum atomic E-state index is 11.7. The van der Waals surface area contributed by atoms with Gasteiger partial charge in [-0.05, 0) is 25.2 Å². The van der Waals surface area contributed by atoms with Crippen LogP contribution in [-0.4, -0.2) is 31.6 Å². The molecule has 16 heavy (non-hydrogen) atoms. The minimum atomic E-state index is -2.98. The van der Waals surface area contributed by atoms with Crippen LogP contribution in [0, 0.1) is 5.92 Å². The molecular weight excluding hydrogens is 222 g/mol. The summed E-state index contributed by atoms with van der Waals surface area (Å²) in [5, 5.41) is 0.